The van der Waals surface area contributed by atoms with Crippen molar-refractivity contribution in [2.75, 3.05) is 33.3 Å². The monoisotopic (exact) mass is 240 g/mol. The van der Waals surface area contributed by atoms with Gasteiger partial charge in [0.1, 0.15) is 0 Å². The van der Waals surface area contributed by atoms with E-state index < -0.39 is 0 Å². The predicted octanol–water partition coefficient (Wildman–Crippen LogP) is 1.73. The van der Waals surface area contributed by atoms with Crippen LogP contribution in [-0.2, 0) is 4.74 Å². The Labute approximate surface area is 106 Å². The molecule has 1 saturated carbocycles. The number of hydrogen-bond acceptors (Lipinski definition) is 3. The summed E-state index contributed by atoms with van der Waals surface area (Å²) in [4.78, 5) is 2.54. The quantitative estimate of drug-likeness (QED) is 0.813. The maximum absolute atomic E-state index is 5.80. The van der Waals surface area contributed by atoms with Crippen LogP contribution in [0.15, 0.2) is 0 Å². The molecule has 0 bridgehead atoms. The molecule has 17 heavy (non-hydrogen) atoms. The second-order valence-corrected chi connectivity index (χ2v) is 6.10. The zero-order chi connectivity index (χ0) is 12.3. The fourth-order valence-corrected chi connectivity index (χ4v) is 3.31. The topological polar surface area (TPSA) is 24.5 Å². The van der Waals surface area contributed by atoms with Gasteiger partial charge in [-0.3, -0.25) is 0 Å². The van der Waals surface area contributed by atoms with Gasteiger partial charge in [-0.25, -0.2) is 0 Å². The molecule has 4 unspecified atom stereocenters. The van der Waals surface area contributed by atoms with Gasteiger partial charge in [0, 0.05) is 25.7 Å². The van der Waals surface area contributed by atoms with Crippen LogP contribution >= 0.6 is 0 Å². The summed E-state index contributed by atoms with van der Waals surface area (Å²) in [6.45, 7) is 8.78. The number of hydrogen-bond donors (Lipinski definition) is 1. The molecule has 1 N–H and O–H groups in total. The fourth-order valence-electron chi connectivity index (χ4n) is 3.31. The summed E-state index contributed by atoms with van der Waals surface area (Å²) in [5.74, 6) is 1.73. The van der Waals surface area contributed by atoms with Gasteiger partial charge < -0.3 is 15.0 Å². The third-order valence-corrected chi connectivity index (χ3v) is 4.48. The molecule has 0 aromatic rings. The van der Waals surface area contributed by atoms with Gasteiger partial charge in [-0.05, 0) is 31.7 Å². The Balaban J connectivity index is 1.82. The number of rotatable bonds is 3. The summed E-state index contributed by atoms with van der Waals surface area (Å²) in [5, 5.41) is 3.41. The van der Waals surface area contributed by atoms with Gasteiger partial charge in [0.2, 0.25) is 0 Å². The molecule has 2 aliphatic rings. The number of nitrogens with zero attached hydrogens (tertiary/aromatic N) is 1. The Hall–Kier alpha value is -0.120. The zero-order valence-corrected chi connectivity index (χ0v) is 11.6. The SMILES string of the molecule is CC1CCC(C)C(N(C)CC2CNCCO2)C1. The molecule has 1 aliphatic heterocycles. The van der Waals surface area contributed by atoms with E-state index in [9.17, 15) is 0 Å². The van der Waals surface area contributed by atoms with Crippen LogP contribution in [0.5, 0.6) is 0 Å². The molecule has 0 aromatic carbocycles. The van der Waals surface area contributed by atoms with Gasteiger partial charge >= 0.3 is 0 Å². The number of ether oxygens (including phenoxy) is 1. The van der Waals surface area contributed by atoms with Gasteiger partial charge in [-0.1, -0.05) is 20.3 Å². The van der Waals surface area contributed by atoms with Crippen LogP contribution in [0.2, 0.25) is 0 Å². The maximum Gasteiger partial charge on any atom is 0.0826 e. The van der Waals surface area contributed by atoms with Crippen LogP contribution in [0.25, 0.3) is 0 Å². The number of morpholine rings is 1. The summed E-state index contributed by atoms with van der Waals surface area (Å²) >= 11 is 0. The third-order valence-electron chi connectivity index (χ3n) is 4.48. The van der Waals surface area contributed by atoms with Crippen molar-refractivity contribution in [3.05, 3.63) is 0 Å². The minimum Gasteiger partial charge on any atom is -0.374 e. The van der Waals surface area contributed by atoms with E-state index >= 15 is 0 Å². The minimum atomic E-state index is 0.387. The summed E-state index contributed by atoms with van der Waals surface area (Å²) < 4.78 is 5.80. The van der Waals surface area contributed by atoms with Crippen LogP contribution < -0.4 is 5.32 Å². The van der Waals surface area contributed by atoms with Crippen LogP contribution in [0.4, 0.5) is 0 Å². The molecule has 0 radical (unpaired) electrons. The first kappa shape index (κ1) is 13.3. The average Bonchev–Trinajstić information content (AvgIpc) is 2.33. The average molecular weight is 240 g/mol. The van der Waals surface area contributed by atoms with Crippen LogP contribution in [0.3, 0.4) is 0 Å². The molecule has 1 aliphatic carbocycles. The van der Waals surface area contributed by atoms with E-state index in [0.29, 0.717) is 6.10 Å². The molecule has 0 aromatic heterocycles. The Kier molecular flexibility index (Phi) is 4.83. The molecule has 2 fully saturated rings. The summed E-state index contributed by atoms with van der Waals surface area (Å²) in [6.07, 6.45) is 4.54. The van der Waals surface area contributed by atoms with E-state index in [4.69, 9.17) is 4.74 Å². The van der Waals surface area contributed by atoms with Crippen molar-refractivity contribution in [2.24, 2.45) is 11.8 Å². The Morgan fingerprint density at radius 1 is 1.29 bits per heavy atom. The Bertz CT molecular complexity index is 228. The second kappa shape index (κ2) is 6.17. The summed E-state index contributed by atoms with van der Waals surface area (Å²) in [6, 6.07) is 0.754. The molecule has 0 spiro atoms. The lowest BCUT2D eigenvalue weighted by Gasteiger charge is -2.40. The third kappa shape index (κ3) is 3.67. The fraction of sp³-hybridized carbons (Fsp3) is 1.00. The lowest BCUT2D eigenvalue weighted by atomic mass is 9.79. The molecule has 3 nitrogen and oxygen atoms in total. The largest absolute Gasteiger partial charge is 0.374 e. The normalized spacial score (nSPS) is 39.5. The van der Waals surface area contributed by atoms with E-state index in [1.54, 1.807) is 0 Å². The van der Waals surface area contributed by atoms with E-state index in [2.05, 4.69) is 31.1 Å². The zero-order valence-electron chi connectivity index (χ0n) is 11.6. The van der Waals surface area contributed by atoms with Gasteiger partial charge in [0.15, 0.2) is 0 Å². The molecule has 4 atom stereocenters. The van der Waals surface area contributed by atoms with Crippen molar-refractivity contribution in [1.29, 1.82) is 0 Å². The highest BCUT2D eigenvalue weighted by molar-refractivity contribution is 4.84. The molecule has 1 saturated heterocycles. The molecule has 1 heterocycles. The van der Waals surface area contributed by atoms with Crippen molar-refractivity contribution in [3.8, 4) is 0 Å². The predicted molar refractivity (Wildman–Crippen MR) is 71.2 cm³/mol. The van der Waals surface area contributed by atoms with Gasteiger partial charge in [-0.2, -0.15) is 0 Å². The summed E-state index contributed by atoms with van der Waals surface area (Å²) in [5.41, 5.74) is 0. The number of nitrogens with one attached hydrogen (secondary N) is 1. The van der Waals surface area contributed by atoms with Crippen molar-refractivity contribution in [1.82, 2.24) is 10.2 Å². The van der Waals surface area contributed by atoms with Crippen LogP contribution in [0, 0.1) is 11.8 Å². The first-order valence-corrected chi connectivity index (χ1v) is 7.19. The first-order valence-electron chi connectivity index (χ1n) is 7.19. The van der Waals surface area contributed by atoms with Crippen LogP contribution in [-0.4, -0.2) is 50.3 Å². The lowest BCUT2D eigenvalue weighted by Crippen LogP contribution is -2.49. The van der Waals surface area contributed by atoms with E-state index in [1.807, 2.05) is 0 Å². The van der Waals surface area contributed by atoms with Crippen LogP contribution in [0.1, 0.15) is 33.1 Å². The maximum atomic E-state index is 5.80. The molecular weight excluding hydrogens is 212 g/mol. The Morgan fingerprint density at radius 3 is 2.82 bits per heavy atom. The first-order chi connectivity index (χ1) is 8.16. The van der Waals surface area contributed by atoms with Gasteiger partial charge in [0.05, 0.1) is 12.7 Å². The van der Waals surface area contributed by atoms with Gasteiger partial charge in [0.25, 0.3) is 0 Å². The van der Waals surface area contributed by atoms with E-state index in [1.165, 1.54) is 19.3 Å². The molecule has 2 rings (SSSR count). The smallest absolute Gasteiger partial charge is 0.0826 e. The van der Waals surface area contributed by atoms with Crippen molar-refractivity contribution in [3.63, 3.8) is 0 Å². The highest BCUT2D eigenvalue weighted by Crippen LogP contribution is 2.31. The Morgan fingerprint density at radius 2 is 2.12 bits per heavy atom. The van der Waals surface area contributed by atoms with E-state index in [-0.39, 0.29) is 0 Å². The van der Waals surface area contributed by atoms with E-state index in [0.717, 1.165) is 44.1 Å². The standard InChI is InChI=1S/C14H28N2O/c1-11-4-5-12(2)14(8-11)16(3)10-13-9-15-6-7-17-13/h11-15H,4-10H2,1-3H3. The highest BCUT2D eigenvalue weighted by Gasteiger charge is 2.29. The highest BCUT2D eigenvalue weighted by atomic mass is 16.5. The minimum absolute atomic E-state index is 0.387. The summed E-state index contributed by atoms with van der Waals surface area (Å²) in [7, 11) is 2.27. The second-order valence-electron chi connectivity index (χ2n) is 6.10. The van der Waals surface area contributed by atoms with Crippen molar-refractivity contribution >= 4 is 0 Å². The molecule has 0 amide bonds. The van der Waals surface area contributed by atoms with Crippen molar-refractivity contribution < 1.29 is 4.74 Å². The molecular formula is C14H28N2O. The van der Waals surface area contributed by atoms with Crippen molar-refractivity contribution in [2.45, 2.75) is 45.3 Å². The van der Waals surface area contributed by atoms with Gasteiger partial charge in [-0.15, -0.1) is 0 Å². The lowest BCUT2D eigenvalue weighted by molar-refractivity contribution is -0.00871. The molecule has 100 valence electrons. The number of likely N-dealkylation sites (N-methyl/N-ethyl adjacent to an activating group) is 1. The molecule has 3 heteroatoms.